The Bertz CT molecular complexity index is 461. The lowest BCUT2D eigenvalue weighted by Crippen LogP contribution is -2.30. The summed E-state index contributed by atoms with van der Waals surface area (Å²) in [5.41, 5.74) is 0. The molecule has 0 aromatic carbocycles. The molecule has 0 saturated carbocycles. The van der Waals surface area contributed by atoms with Crippen LogP contribution in [0.5, 0.6) is 0 Å². The Morgan fingerprint density at radius 1 is 1.22 bits per heavy atom. The maximum absolute atomic E-state index is 11.1. The Morgan fingerprint density at radius 3 is 2.52 bits per heavy atom. The maximum atomic E-state index is 11.1. The van der Waals surface area contributed by atoms with Crippen LogP contribution in [0.2, 0.25) is 0 Å². The predicted molar refractivity (Wildman–Crippen MR) is 91.3 cm³/mol. The number of carbonyl (C=O) groups is 1. The van der Waals surface area contributed by atoms with E-state index in [9.17, 15) is 9.90 Å². The number of carbonyl (C=O) groups excluding carboxylic acids is 1. The van der Waals surface area contributed by atoms with E-state index in [-0.39, 0.29) is 6.42 Å². The number of ether oxygens (including phenoxy) is 1. The highest BCUT2D eigenvalue weighted by atomic mass is 16.6. The third-order valence-corrected chi connectivity index (χ3v) is 3.24. The lowest BCUT2D eigenvalue weighted by Gasteiger charge is -2.21. The van der Waals surface area contributed by atoms with Gasteiger partial charge in [0.1, 0.15) is 18.3 Å². The highest BCUT2D eigenvalue weighted by molar-refractivity contribution is 5.66. The van der Waals surface area contributed by atoms with Gasteiger partial charge in [-0.25, -0.2) is 0 Å². The van der Waals surface area contributed by atoms with Crippen LogP contribution >= 0.6 is 0 Å². The molecule has 128 valence electrons. The monoisotopic (exact) mass is 320 g/mol. The summed E-state index contributed by atoms with van der Waals surface area (Å²) in [6, 6.07) is 0. The molecule has 0 aromatic heterocycles. The van der Waals surface area contributed by atoms with Gasteiger partial charge in [-0.15, -0.1) is 0 Å². The number of aliphatic hydroxyl groups is 2. The van der Waals surface area contributed by atoms with Crippen molar-refractivity contribution in [1.29, 1.82) is 0 Å². The minimum absolute atomic E-state index is 0.172. The molecule has 0 fully saturated rings. The Hall–Kier alpha value is -1.75. The predicted octanol–water partition coefficient (Wildman–Crippen LogP) is 2.58. The third kappa shape index (κ3) is 12.5. The number of aliphatic hydroxyl groups excluding tert-OH is 2. The van der Waals surface area contributed by atoms with Gasteiger partial charge >= 0.3 is 5.97 Å². The Morgan fingerprint density at radius 2 is 1.91 bits per heavy atom. The van der Waals surface area contributed by atoms with Crippen LogP contribution < -0.4 is 0 Å². The molecule has 3 atom stereocenters. The molecule has 3 unspecified atom stereocenters. The molecule has 4 heteroatoms. The zero-order chi connectivity index (χ0) is 17.5. The van der Waals surface area contributed by atoms with E-state index in [4.69, 9.17) is 9.84 Å². The van der Waals surface area contributed by atoms with Crippen molar-refractivity contribution in [1.82, 2.24) is 0 Å². The molecule has 0 aromatic rings. The molecule has 0 aliphatic carbocycles. The highest BCUT2D eigenvalue weighted by Gasteiger charge is 2.20. The number of hydrogen-bond acceptors (Lipinski definition) is 4. The first-order valence-corrected chi connectivity index (χ1v) is 8.15. The summed E-state index contributed by atoms with van der Waals surface area (Å²) in [4.78, 5) is 11.1. The van der Waals surface area contributed by atoms with Gasteiger partial charge in [0.15, 0.2) is 0 Å². The first kappa shape index (κ1) is 21.2. The van der Waals surface area contributed by atoms with Crippen molar-refractivity contribution in [2.45, 2.75) is 77.1 Å². The van der Waals surface area contributed by atoms with Gasteiger partial charge in [-0.1, -0.05) is 57.1 Å². The molecular weight excluding hydrogens is 292 g/mol. The minimum Gasteiger partial charge on any atom is -0.460 e. The Kier molecular flexibility index (Phi) is 12.8. The minimum atomic E-state index is -0.897. The quantitative estimate of drug-likeness (QED) is 0.281. The van der Waals surface area contributed by atoms with Crippen LogP contribution in [0.4, 0.5) is 0 Å². The lowest BCUT2D eigenvalue weighted by molar-refractivity contribution is -0.152. The standard InChI is InChI=1S/C19H28O4/c1-4-6-7-8-12-15-19(23-16(3)20)18(22)14-11-9-10-13-17(21)5-2/h5,17-19,21-22H,2,4,6-8,12,14-15H2,1,3H3. The van der Waals surface area contributed by atoms with E-state index in [0.717, 1.165) is 19.3 Å². The SMILES string of the molecule is C=CC(O)C#CC#CCC(O)C(CCCCCCC)OC(C)=O. The summed E-state index contributed by atoms with van der Waals surface area (Å²) < 4.78 is 5.19. The van der Waals surface area contributed by atoms with Gasteiger partial charge in [0.2, 0.25) is 0 Å². The van der Waals surface area contributed by atoms with Crippen LogP contribution in [0, 0.1) is 23.7 Å². The lowest BCUT2D eigenvalue weighted by atomic mass is 10.0. The molecule has 0 radical (unpaired) electrons. The second kappa shape index (κ2) is 13.9. The molecule has 0 heterocycles. The van der Waals surface area contributed by atoms with Gasteiger partial charge in [0, 0.05) is 13.3 Å². The van der Waals surface area contributed by atoms with Crippen LogP contribution in [-0.2, 0) is 9.53 Å². The van der Waals surface area contributed by atoms with Gasteiger partial charge in [0.05, 0.1) is 0 Å². The van der Waals surface area contributed by atoms with E-state index in [2.05, 4.69) is 37.2 Å². The van der Waals surface area contributed by atoms with Gasteiger partial charge in [0.25, 0.3) is 0 Å². The molecular formula is C19H28O4. The van der Waals surface area contributed by atoms with Crippen molar-refractivity contribution in [3.8, 4) is 23.7 Å². The molecule has 23 heavy (non-hydrogen) atoms. The maximum Gasteiger partial charge on any atom is 0.302 e. The summed E-state index contributed by atoms with van der Waals surface area (Å²) >= 11 is 0. The number of esters is 1. The zero-order valence-electron chi connectivity index (χ0n) is 14.2. The molecule has 0 saturated heterocycles. The van der Waals surface area contributed by atoms with Gasteiger partial charge in [-0.2, -0.15) is 0 Å². The zero-order valence-corrected chi connectivity index (χ0v) is 14.2. The molecule has 0 aliphatic heterocycles. The molecule has 0 spiro atoms. The van der Waals surface area contributed by atoms with Gasteiger partial charge in [-0.3, -0.25) is 4.79 Å². The first-order chi connectivity index (χ1) is 11.0. The van der Waals surface area contributed by atoms with Crippen molar-refractivity contribution in [2.75, 3.05) is 0 Å². The summed E-state index contributed by atoms with van der Waals surface area (Å²) in [5, 5.41) is 19.3. The molecule has 0 rings (SSSR count). The molecule has 0 aliphatic rings. The van der Waals surface area contributed by atoms with Crippen LogP contribution in [0.15, 0.2) is 12.7 Å². The second-order valence-electron chi connectivity index (χ2n) is 5.37. The summed E-state index contributed by atoms with van der Waals surface area (Å²) in [7, 11) is 0. The Balaban J connectivity index is 4.35. The fraction of sp³-hybridized carbons (Fsp3) is 0.632. The molecule has 0 bridgehead atoms. The van der Waals surface area contributed by atoms with Crippen LogP contribution in [0.1, 0.15) is 58.8 Å². The van der Waals surface area contributed by atoms with E-state index in [1.807, 2.05) is 0 Å². The molecule has 0 amide bonds. The number of hydrogen-bond donors (Lipinski definition) is 2. The Labute approximate surface area is 139 Å². The van der Waals surface area contributed by atoms with Crippen molar-refractivity contribution in [2.24, 2.45) is 0 Å². The fourth-order valence-corrected chi connectivity index (χ4v) is 1.99. The topological polar surface area (TPSA) is 66.8 Å². The van der Waals surface area contributed by atoms with Gasteiger partial charge in [-0.05, 0) is 24.7 Å². The first-order valence-electron chi connectivity index (χ1n) is 8.15. The normalized spacial score (nSPS) is 13.6. The third-order valence-electron chi connectivity index (χ3n) is 3.24. The van der Waals surface area contributed by atoms with Crippen molar-refractivity contribution in [3.05, 3.63) is 12.7 Å². The van der Waals surface area contributed by atoms with Crippen LogP contribution in [0.25, 0.3) is 0 Å². The fourth-order valence-electron chi connectivity index (χ4n) is 1.99. The van der Waals surface area contributed by atoms with Crippen molar-refractivity contribution in [3.63, 3.8) is 0 Å². The van der Waals surface area contributed by atoms with Crippen LogP contribution in [0.3, 0.4) is 0 Å². The average Bonchev–Trinajstić information content (AvgIpc) is 2.52. The summed E-state index contributed by atoms with van der Waals surface area (Å²) in [6.07, 6.45) is 5.35. The van der Waals surface area contributed by atoms with E-state index in [0.29, 0.717) is 6.42 Å². The van der Waals surface area contributed by atoms with Gasteiger partial charge < -0.3 is 14.9 Å². The summed E-state index contributed by atoms with van der Waals surface area (Å²) in [6.45, 7) is 6.89. The molecule has 2 N–H and O–H groups in total. The molecule has 4 nitrogen and oxygen atoms in total. The van der Waals surface area contributed by atoms with Crippen LogP contribution in [-0.4, -0.2) is 34.5 Å². The largest absolute Gasteiger partial charge is 0.460 e. The van der Waals surface area contributed by atoms with E-state index in [1.54, 1.807) is 0 Å². The number of unbranched alkanes of at least 4 members (excludes halogenated alkanes) is 4. The van der Waals surface area contributed by atoms with Crippen molar-refractivity contribution >= 4 is 5.97 Å². The van der Waals surface area contributed by atoms with Crippen molar-refractivity contribution < 1.29 is 19.7 Å². The van der Waals surface area contributed by atoms with E-state index < -0.39 is 24.3 Å². The number of rotatable bonds is 10. The summed E-state index contributed by atoms with van der Waals surface area (Å²) in [5.74, 6) is 9.83. The van der Waals surface area contributed by atoms with E-state index in [1.165, 1.54) is 25.8 Å². The second-order valence-corrected chi connectivity index (χ2v) is 5.37. The average molecular weight is 320 g/mol. The highest BCUT2D eigenvalue weighted by Crippen LogP contribution is 2.14. The smallest absolute Gasteiger partial charge is 0.302 e. The van der Waals surface area contributed by atoms with E-state index >= 15 is 0 Å².